The summed E-state index contributed by atoms with van der Waals surface area (Å²) in [5, 5.41) is 7.10. The monoisotopic (exact) mass is 752 g/mol. The van der Waals surface area contributed by atoms with Crippen molar-refractivity contribution in [3.05, 3.63) is 221 Å². The summed E-state index contributed by atoms with van der Waals surface area (Å²) in [4.78, 5) is 5.45. The van der Waals surface area contributed by atoms with E-state index in [2.05, 4.69) is 211 Å². The first kappa shape index (κ1) is 33.4. The van der Waals surface area contributed by atoms with Gasteiger partial charge < -0.3 is 8.98 Å². The molecule has 276 valence electrons. The Hall–Kier alpha value is -7.75. The highest BCUT2D eigenvalue weighted by Crippen LogP contribution is 2.42. The van der Waals surface area contributed by atoms with Crippen molar-refractivity contribution in [3.8, 4) is 27.9 Å². The number of fused-ring (bicyclic) bond motifs is 8. The molecule has 0 unspecified atom stereocenters. The van der Waals surface area contributed by atoms with E-state index in [1.807, 2.05) is 0 Å². The van der Waals surface area contributed by atoms with Crippen LogP contribution in [0.5, 0.6) is 0 Å². The number of allylic oxidation sites excluding steroid dienone is 3. The summed E-state index contributed by atoms with van der Waals surface area (Å²) in [5.74, 6) is 0. The molecule has 0 N–H and O–H groups in total. The van der Waals surface area contributed by atoms with E-state index in [-0.39, 0.29) is 0 Å². The first-order valence-electron chi connectivity index (χ1n) is 20.2. The molecule has 0 saturated heterocycles. The predicted molar refractivity (Wildman–Crippen MR) is 247 cm³/mol. The molecule has 3 nitrogen and oxygen atoms in total. The second kappa shape index (κ2) is 13.4. The molecule has 0 radical (unpaired) electrons. The maximum Gasteiger partial charge on any atom is 0.136 e. The Morgan fingerprint density at radius 3 is 1.98 bits per heavy atom. The molecule has 0 fully saturated rings. The van der Waals surface area contributed by atoms with Crippen molar-refractivity contribution in [1.82, 2.24) is 4.57 Å². The Bertz CT molecular complexity index is 3560. The van der Waals surface area contributed by atoms with E-state index in [0.29, 0.717) is 0 Å². The maximum atomic E-state index is 6.56. The Balaban J connectivity index is 1.00. The molecule has 1 aliphatic heterocycles. The summed E-state index contributed by atoms with van der Waals surface area (Å²) in [6, 6.07) is 67.4. The van der Waals surface area contributed by atoms with Crippen LogP contribution in [0.15, 0.2) is 209 Å². The number of rotatable bonds is 5. The summed E-state index contributed by atoms with van der Waals surface area (Å²) in [6.45, 7) is 0. The summed E-state index contributed by atoms with van der Waals surface area (Å²) in [7, 11) is 0. The Morgan fingerprint density at radius 2 is 1.12 bits per heavy atom. The second-order valence-corrected chi connectivity index (χ2v) is 15.5. The highest BCUT2D eigenvalue weighted by atomic mass is 16.3. The third-order valence-electron chi connectivity index (χ3n) is 12.0. The zero-order valence-corrected chi connectivity index (χ0v) is 32.1. The highest BCUT2D eigenvalue weighted by molar-refractivity contribution is 6.22. The normalized spacial score (nSPS) is 13.8. The molecule has 12 rings (SSSR count). The summed E-state index contributed by atoms with van der Waals surface area (Å²) in [6.07, 6.45) is 7.55. The van der Waals surface area contributed by atoms with E-state index < -0.39 is 0 Å². The van der Waals surface area contributed by atoms with Gasteiger partial charge >= 0.3 is 0 Å². The molecule has 2 aromatic heterocycles. The van der Waals surface area contributed by atoms with Crippen molar-refractivity contribution in [1.29, 1.82) is 0 Å². The highest BCUT2D eigenvalue weighted by Gasteiger charge is 2.20. The van der Waals surface area contributed by atoms with Gasteiger partial charge in [-0.2, -0.15) is 0 Å². The van der Waals surface area contributed by atoms with E-state index in [9.17, 15) is 0 Å². The molecule has 0 atom stereocenters. The molecule has 2 bridgehead atoms. The number of aliphatic imine (C=N–C) groups is 1. The fraction of sp³-hybridized carbons (Fsp3) is 0.0179. The third-order valence-corrected chi connectivity index (χ3v) is 12.0. The Kier molecular flexibility index (Phi) is 7.60. The minimum Gasteiger partial charge on any atom is -0.456 e. The molecule has 3 heteroatoms. The van der Waals surface area contributed by atoms with Gasteiger partial charge in [0, 0.05) is 39.2 Å². The number of aromatic nitrogens is 1. The van der Waals surface area contributed by atoms with E-state index in [1.54, 1.807) is 0 Å². The van der Waals surface area contributed by atoms with Crippen molar-refractivity contribution >= 4 is 72.9 Å². The number of furan rings is 1. The van der Waals surface area contributed by atoms with Crippen LogP contribution in [0.3, 0.4) is 0 Å². The molecule has 0 spiro atoms. The van der Waals surface area contributed by atoms with Gasteiger partial charge in [0.1, 0.15) is 11.2 Å². The van der Waals surface area contributed by atoms with Crippen LogP contribution in [0.1, 0.15) is 17.5 Å². The van der Waals surface area contributed by atoms with Crippen molar-refractivity contribution < 1.29 is 4.42 Å². The molecule has 59 heavy (non-hydrogen) atoms. The lowest BCUT2D eigenvalue weighted by Crippen LogP contribution is -2.24. The molecular formula is C56H36N2O. The summed E-state index contributed by atoms with van der Waals surface area (Å²) < 4.78 is 8.93. The average Bonchev–Trinajstić information content (AvgIpc) is 3.70. The Morgan fingerprint density at radius 1 is 0.441 bits per heavy atom. The summed E-state index contributed by atoms with van der Waals surface area (Å²) >= 11 is 0. The smallest absolute Gasteiger partial charge is 0.136 e. The van der Waals surface area contributed by atoms with Gasteiger partial charge in [-0.05, 0) is 116 Å². The first-order valence-corrected chi connectivity index (χ1v) is 20.2. The van der Waals surface area contributed by atoms with E-state index in [0.717, 1.165) is 67.7 Å². The van der Waals surface area contributed by atoms with Crippen LogP contribution in [0, 0.1) is 0 Å². The van der Waals surface area contributed by atoms with Gasteiger partial charge in [-0.1, -0.05) is 140 Å². The number of hydrogen-bond acceptors (Lipinski definition) is 2. The van der Waals surface area contributed by atoms with Crippen LogP contribution in [0.4, 0.5) is 0 Å². The molecule has 0 saturated carbocycles. The predicted octanol–water partition coefficient (Wildman–Crippen LogP) is 12.9. The fourth-order valence-corrected chi connectivity index (χ4v) is 9.26. The third kappa shape index (κ3) is 5.62. The van der Waals surface area contributed by atoms with Gasteiger partial charge in [0.2, 0.25) is 0 Å². The Labute approximate surface area is 341 Å². The SMILES string of the molecule is C1=C2C=c3ccccc3=CC1=NC(c1cccc(-c3cccc4oc5ccc(-c6ccc7c(c6)c6ccccc6n7-c6ccccc6)cc5c34)c1)=C(c1ccccc1)C2. The van der Waals surface area contributed by atoms with Crippen molar-refractivity contribution in [2.75, 3.05) is 0 Å². The lowest BCUT2D eigenvalue weighted by atomic mass is 9.92. The van der Waals surface area contributed by atoms with Gasteiger partial charge in [0.25, 0.3) is 0 Å². The lowest BCUT2D eigenvalue weighted by molar-refractivity contribution is 0.669. The van der Waals surface area contributed by atoms with Crippen molar-refractivity contribution in [3.63, 3.8) is 0 Å². The lowest BCUT2D eigenvalue weighted by Gasteiger charge is -2.14. The largest absolute Gasteiger partial charge is 0.456 e. The average molecular weight is 753 g/mol. The minimum atomic E-state index is 0.780. The van der Waals surface area contributed by atoms with E-state index in [1.165, 1.54) is 54.5 Å². The van der Waals surface area contributed by atoms with Crippen molar-refractivity contribution in [2.45, 2.75) is 6.42 Å². The van der Waals surface area contributed by atoms with Gasteiger partial charge in [-0.3, -0.25) is 0 Å². The molecule has 8 aromatic carbocycles. The number of benzene rings is 8. The topological polar surface area (TPSA) is 30.4 Å². The van der Waals surface area contributed by atoms with Crippen LogP contribution in [-0.2, 0) is 0 Å². The number of nitrogens with zero attached hydrogens (tertiary/aromatic N) is 2. The van der Waals surface area contributed by atoms with Gasteiger partial charge in [0.05, 0.1) is 22.4 Å². The zero-order chi connectivity index (χ0) is 38.9. The molecule has 10 aromatic rings. The molecule has 2 aliphatic rings. The molecular weight excluding hydrogens is 717 g/mol. The van der Waals surface area contributed by atoms with Crippen LogP contribution < -0.4 is 10.4 Å². The van der Waals surface area contributed by atoms with Crippen LogP contribution in [0.2, 0.25) is 0 Å². The first-order chi connectivity index (χ1) is 29.2. The van der Waals surface area contributed by atoms with Gasteiger partial charge in [0.15, 0.2) is 0 Å². The number of para-hydroxylation sites is 2. The number of hydrogen-bond donors (Lipinski definition) is 0. The minimum absolute atomic E-state index is 0.780. The standard InChI is InChI=1S/C56H36N2O/c1-3-13-37(14-4-1)48-31-36-29-38-15-7-8-16-39(38)33-44(30-36)57-56(48)43-18-11-17-42(32-43)46-22-12-24-54-55(46)50-35-41(26-28-53(50)59-54)40-25-27-52-49(34-40)47-21-9-10-23-51(47)58(52)45-19-5-2-6-20-45/h1-30,32-35H,31H2. The van der Waals surface area contributed by atoms with E-state index >= 15 is 0 Å². The van der Waals surface area contributed by atoms with Crippen LogP contribution in [-0.4, -0.2) is 10.3 Å². The fourth-order valence-electron chi connectivity index (χ4n) is 9.26. The maximum absolute atomic E-state index is 6.56. The van der Waals surface area contributed by atoms with Gasteiger partial charge in [-0.25, -0.2) is 4.99 Å². The summed E-state index contributed by atoms with van der Waals surface area (Å²) in [5.41, 5.74) is 16.6. The molecule has 1 aliphatic carbocycles. The van der Waals surface area contributed by atoms with E-state index in [4.69, 9.17) is 9.41 Å². The zero-order valence-electron chi connectivity index (χ0n) is 32.1. The molecule has 0 amide bonds. The second-order valence-electron chi connectivity index (χ2n) is 15.5. The van der Waals surface area contributed by atoms with Crippen LogP contribution >= 0.6 is 0 Å². The van der Waals surface area contributed by atoms with Crippen LogP contribution in [0.25, 0.3) is 95.1 Å². The van der Waals surface area contributed by atoms with Crippen molar-refractivity contribution in [2.24, 2.45) is 4.99 Å². The van der Waals surface area contributed by atoms with Gasteiger partial charge in [-0.15, -0.1) is 0 Å². The molecule has 3 heterocycles. The quantitative estimate of drug-likeness (QED) is 0.172.